The number of aryl methyl sites for hydroxylation is 2. The summed E-state index contributed by atoms with van der Waals surface area (Å²) in [5.41, 5.74) is 0. The molecule has 1 aromatic carbocycles. The molecule has 7 nitrogen and oxygen atoms in total. The first-order chi connectivity index (χ1) is 14.2. The normalized spacial score (nSPS) is 14.2. The van der Waals surface area contributed by atoms with E-state index in [0.717, 1.165) is 62.3 Å². The molecular weight excluding hydrogens is 388 g/mol. The minimum absolute atomic E-state index is 0.574. The molecule has 0 saturated carbocycles. The van der Waals surface area contributed by atoms with Crippen molar-refractivity contribution in [2.24, 2.45) is 4.99 Å². The van der Waals surface area contributed by atoms with Crippen LogP contribution in [0.4, 0.5) is 0 Å². The lowest BCUT2D eigenvalue weighted by atomic mass is 10.2. The molecule has 0 radical (unpaired) electrons. The van der Waals surface area contributed by atoms with Crippen LogP contribution in [0, 0.1) is 0 Å². The summed E-state index contributed by atoms with van der Waals surface area (Å²) in [6, 6.07) is 7.41. The summed E-state index contributed by atoms with van der Waals surface area (Å²) < 4.78 is 8.08. The largest absolute Gasteiger partial charge is 0.492 e. The number of guanidine groups is 1. The van der Waals surface area contributed by atoms with E-state index in [-0.39, 0.29) is 0 Å². The second-order valence-corrected chi connectivity index (χ2v) is 7.73. The molecule has 158 valence electrons. The molecule has 0 amide bonds. The van der Waals surface area contributed by atoms with E-state index >= 15 is 0 Å². The first-order valence-corrected chi connectivity index (χ1v) is 10.8. The van der Waals surface area contributed by atoms with E-state index in [1.165, 1.54) is 19.3 Å². The number of nitrogens with zero attached hydrogens (tertiary/aromatic N) is 5. The van der Waals surface area contributed by atoms with Gasteiger partial charge in [-0.1, -0.05) is 18.0 Å². The maximum Gasteiger partial charge on any atom is 0.193 e. The van der Waals surface area contributed by atoms with Crippen LogP contribution in [-0.4, -0.2) is 59.4 Å². The van der Waals surface area contributed by atoms with E-state index in [2.05, 4.69) is 30.0 Å². The first kappa shape index (κ1) is 21.4. The number of halogens is 1. The van der Waals surface area contributed by atoms with Crippen molar-refractivity contribution >= 4 is 17.6 Å². The van der Waals surface area contributed by atoms with Crippen molar-refractivity contribution in [3.63, 3.8) is 0 Å². The average molecular weight is 419 g/mol. The van der Waals surface area contributed by atoms with Crippen LogP contribution >= 0.6 is 11.6 Å². The monoisotopic (exact) mass is 418 g/mol. The van der Waals surface area contributed by atoms with Gasteiger partial charge in [-0.2, -0.15) is 0 Å². The molecule has 1 N–H and O–H groups in total. The lowest BCUT2D eigenvalue weighted by molar-refractivity contribution is 0.281. The summed E-state index contributed by atoms with van der Waals surface area (Å²) in [5.74, 6) is 3.95. The molecule has 0 unspecified atom stereocenters. The second-order valence-electron chi connectivity index (χ2n) is 7.30. The highest BCUT2D eigenvalue weighted by atomic mass is 35.5. The Balaban J connectivity index is 1.37. The number of fused-ring (bicyclic) bond motifs is 1. The number of likely N-dealkylation sites (N-methyl/N-ethyl adjacent to an activating group) is 1. The van der Waals surface area contributed by atoms with E-state index in [1.807, 2.05) is 31.3 Å². The molecule has 0 spiro atoms. The Morgan fingerprint density at radius 1 is 1.24 bits per heavy atom. The van der Waals surface area contributed by atoms with Crippen molar-refractivity contribution in [1.82, 2.24) is 25.0 Å². The number of benzene rings is 1. The number of aromatic nitrogens is 3. The fraction of sp³-hybridized carbons (Fsp3) is 0.571. The number of hydrogen-bond acceptors (Lipinski definition) is 4. The van der Waals surface area contributed by atoms with Gasteiger partial charge in [0.1, 0.15) is 24.0 Å². The van der Waals surface area contributed by atoms with Crippen molar-refractivity contribution in [1.29, 1.82) is 0 Å². The quantitative estimate of drug-likeness (QED) is 0.405. The number of aliphatic imine (C=N–C) groups is 1. The van der Waals surface area contributed by atoms with Gasteiger partial charge in [-0.25, -0.2) is 0 Å². The average Bonchev–Trinajstić information content (AvgIpc) is 2.95. The summed E-state index contributed by atoms with van der Waals surface area (Å²) in [4.78, 5) is 6.44. The van der Waals surface area contributed by atoms with E-state index in [9.17, 15) is 0 Å². The van der Waals surface area contributed by atoms with Crippen molar-refractivity contribution in [3.05, 3.63) is 40.9 Å². The van der Waals surface area contributed by atoms with Gasteiger partial charge in [0, 0.05) is 45.0 Å². The Hall–Kier alpha value is -2.28. The summed E-state index contributed by atoms with van der Waals surface area (Å²) >= 11 is 5.90. The molecule has 1 aromatic heterocycles. The van der Waals surface area contributed by atoms with Gasteiger partial charge in [-0.15, -0.1) is 10.2 Å². The van der Waals surface area contributed by atoms with Crippen LogP contribution in [0.15, 0.2) is 29.3 Å². The van der Waals surface area contributed by atoms with Gasteiger partial charge in [0.15, 0.2) is 5.96 Å². The molecule has 1 aliphatic rings. The maximum atomic E-state index is 5.90. The van der Waals surface area contributed by atoms with Crippen LogP contribution in [0.1, 0.15) is 37.3 Å². The second kappa shape index (κ2) is 11.0. The van der Waals surface area contributed by atoms with E-state index < -0.39 is 0 Å². The number of hydrogen-bond donors (Lipinski definition) is 1. The fourth-order valence-corrected chi connectivity index (χ4v) is 3.62. The molecule has 2 aromatic rings. The van der Waals surface area contributed by atoms with Gasteiger partial charge >= 0.3 is 0 Å². The van der Waals surface area contributed by atoms with E-state index in [1.54, 1.807) is 7.05 Å². The fourth-order valence-electron chi connectivity index (χ4n) is 3.50. The van der Waals surface area contributed by atoms with Gasteiger partial charge in [-0.05, 0) is 43.5 Å². The molecule has 2 heterocycles. The third-order valence-corrected chi connectivity index (χ3v) is 5.38. The Labute approximate surface area is 178 Å². The molecule has 1 aliphatic heterocycles. The predicted octanol–water partition coefficient (Wildman–Crippen LogP) is 3.18. The van der Waals surface area contributed by atoms with Crippen LogP contribution in [0.5, 0.6) is 5.75 Å². The lowest BCUT2D eigenvalue weighted by Crippen LogP contribution is -2.41. The van der Waals surface area contributed by atoms with Gasteiger partial charge in [0.25, 0.3) is 0 Å². The SMILES string of the molecule is CN=C(NCCCc1nnc2n1CCCCC2)N(C)CCOc1ccc(Cl)cc1. The number of ether oxygens (including phenoxy) is 1. The van der Waals surface area contributed by atoms with Crippen LogP contribution < -0.4 is 10.1 Å². The zero-order chi connectivity index (χ0) is 20.5. The third-order valence-electron chi connectivity index (χ3n) is 5.13. The molecule has 0 bridgehead atoms. The lowest BCUT2D eigenvalue weighted by Gasteiger charge is -2.22. The van der Waals surface area contributed by atoms with Gasteiger partial charge in [0.05, 0.1) is 6.54 Å². The van der Waals surface area contributed by atoms with E-state index in [0.29, 0.717) is 11.6 Å². The minimum Gasteiger partial charge on any atom is -0.492 e. The molecular formula is C21H31ClN6O. The standard InChI is InChI=1S/C21H31ClN6O/c1-23-21(27(2)15-16-29-18-11-9-17(22)10-12-18)24-13-6-8-20-26-25-19-7-4-3-5-14-28(19)20/h9-12H,3-8,13-16H2,1-2H3,(H,23,24). The van der Waals surface area contributed by atoms with Gasteiger partial charge < -0.3 is 19.5 Å². The predicted molar refractivity (Wildman–Crippen MR) is 117 cm³/mol. The topological polar surface area (TPSA) is 67.6 Å². The van der Waals surface area contributed by atoms with Crippen LogP contribution in [-0.2, 0) is 19.4 Å². The van der Waals surface area contributed by atoms with Crippen molar-refractivity contribution in [2.45, 2.75) is 45.1 Å². The summed E-state index contributed by atoms with van der Waals surface area (Å²) in [5, 5.41) is 12.9. The Morgan fingerprint density at radius 3 is 2.86 bits per heavy atom. The van der Waals surface area contributed by atoms with Crippen molar-refractivity contribution in [2.75, 3.05) is 33.8 Å². The maximum absolute atomic E-state index is 5.90. The summed E-state index contributed by atoms with van der Waals surface area (Å²) in [6.07, 6.45) is 6.72. The zero-order valence-corrected chi connectivity index (χ0v) is 18.2. The molecule has 3 rings (SSSR count). The number of nitrogens with one attached hydrogen (secondary N) is 1. The molecule has 8 heteroatoms. The summed E-state index contributed by atoms with van der Waals surface area (Å²) in [6.45, 7) is 3.21. The van der Waals surface area contributed by atoms with Crippen molar-refractivity contribution < 1.29 is 4.74 Å². The van der Waals surface area contributed by atoms with Crippen LogP contribution in [0.3, 0.4) is 0 Å². The Morgan fingerprint density at radius 2 is 2.07 bits per heavy atom. The molecule has 0 saturated heterocycles. The highest BCUT2D eigenvalue weighted by molar-refractivity contribution is 6.30. The third kappa shape index (κ3) is 6.35. The van der Waals surface area contributed by atoms with Gasteiger partial charge in [0.2, 0.25) is 0 Å². The molecule has 0 aliphatic carbocycles. The Bertz CT molecular complexity index is 789. The molecule has 29 heavy (non-hydrogen) atoms. The smallest absolute Gasteiger partial charge is 0.193 e. The highest BCUT2D eigenvalue weighted by Gasteiger charge is 2.14. The Kier molecular flexibility index (Phi) is 8.16. The molecule has 0 fully saturated rings. The number of rotatable bonds is 8. The zero-order valence-electron chi connectivity index (χ0n) is 17.4. The van der Waals surface area contributed by atoms with Crippen LogP contribution in [0.2, 0.25) is 5.02 Å². The molecule has 0 atom stereocenters. The summed E-state index contributed by atoms with van der Waals surface area (Å²) in [7, 11) is 3.82. The van der Waals surface area contributed by atoms with Crippen molar-refractivity contribution in [3.8, 4) is 5.75 Å². The minimum atomic E-state index is 0.574. The van der Waals surface area contributed by atoms with Crippen LogP contribution in [0.25, 0.3) is 0 Å². The van der Waals surface area contributed by atoms with Gasteiger partial charge in [-0.3, -0.25) is 4.99 Å². The first-order valence-electron chi connectivity index (χ1n) is 10.4. The highest BCUT2D eigenvalue weighted by Crippen LogP contribution is 2.16. The van der Waals surface area contributed by atoms with E-state index in [4.69, 9.17) is 16.3 Å².